The maximum atomic E-state index is 12.3. The molecule has 0 aliphatic carbocycles. The second-order valence-electron chi connectivity index (χ2n) is 6.35. The number of urea groups is 1. The lowest BCUT2D eigenvalue weighted by atomic mass is 10.1. The average molecular weight is 390 g/mol. The Bertz CT molecular complexity index is 1140. The number of aromatic amines is 1. The van der Waals surface area contributed by atoms with Crippen molar-refractivity contribution in [2.24, 2.45) is 0 Å². The summed E-state index contributed by atoms with van der Waals surface area (Å²) in [6.45, 7) is 1.90. The highest BCUT2D eigenvalue weighted by Gasteiger charge is 2.15. The van der Waals surface area contributed by atoms with Crippen molar-refractivity contribution in [3.05, 3.63) is 72.3 Å². The molecule has 3 amide bonds. The predicted molar refractivity (Wildman–Crippen MR) is 108 cm³/mol. The molecule has 4 rings (SSSR count). The minimum absolute atomic E-state index is 0.157. The fourth-order valence-corrected chi connectivity index (χ4v) is 2.83. The van der Waals surface area contributed by atoms with Crippen molar-refractivity contribution in [3.8, 4) is 0 Å². The van der Waals surface area contributed by atoms with Gasteiger partial charge in [-0.25, -0.2) is 9.78 Å². The smallest absolute Gasteiger partial charge is 0.320 e. The van der Waals surface area contributed by atoms with E-state index in [0.29, 0.717) is 22.5 Å². The maximum Gasteiger partial charge on any atom is 0.320 e. The third-order valence-electron chi connectivity index (χ3n) is 4.31. The number of H-pyrrole nitrogens is 1. The first-order chi connectivity index (χ1) is 14.1. The number of furan rings is 1. The van der Waals surface area contributed by atoms with Gasteiger partial charge in [0, 0.05) is 12.3 Å². The summed E-state index contributed by atoms with van der Waals surface area (Å²) in [4.78, 5) is 28.6. The van der Waals surface area contributed by atoms with E-state index in [0.717, 1.165) is 5.56 Å². The number of fused-ring (bicyclic) bond motifs is 1. The summed E-state index contributed by atoms with van der Waals surface area (Å²) in [5.41, 5.74) is 1.61. The first kappa shape index (κ1) is 18.2. The van der Waals surface area contributed by atoms with Gasteiger partial charge in [0.2, 0.25) is 0 Å². The van der Waals surface area contributed by atoms with Crippen LogP contribution in [0.25, 0.3) is 10.9 Å². The molecule has 0 saturated heterocycles. The zero-order valence-electron chi connectivity index (χ0n) is 15.5. The lowest BCUT2D eigenvalue weighted by Gasteiger charge is -2.14. The van der Waals surface area contributed by atoms with Gasteiger partial charge in [-0.05, 0) is 24.6 Å². The first-order valence-electron chi connectivity index (χ1n) is 8.91. The summed E-state index contributed by atoms with van der Waals surface area (Å²) >= 11 is 0. The highest BCUT2D eigenvalue weighted by molar-refractivity contribution is 6.06. The van der Waals surface area contributed by atoms with Gasteiger partial charge >= 0.3 is 6.03 Å². The summed E-state index contributed by atoms with van der Waals surface area (Å²) in [5.74, 6) is 0.432. The summed E-state index contributed by atoms with van der Waals surface area (Å²) in [6.07, 6.45) is 2.94. The van der Waals surface area contributed by atoms with Crippen molar-refractivity contribution in [1.29, 1.82) is 0 Å². The number of benzene rings is 1. The molecule has 29 heavy (non-hydrogen) atoms. The summed E-state index contributed by atoms with van der Waals surface area (Å²) < 4.78 is 5.06. The zero-order valence-corrected chi connectivity index (χ0v) is 15.5. The minimum atomic E-state index is -0.417. The van der Waals surface area contributed by atoms with Crippen LogP contribution in [-0.4, -0.2) is 27.1 Å². The molecule has 0 fully saturated rings. The van der Waals surface area contributed by atoms with Crippen molar-refractivity contribution < 1.29 is 14.0 Å². The van der Waals surface area contributed by atoms with Gasteiger partial charge in [-0.1, -0.05) is 30.3 Å². The molecule has 3 aromatic heterocycles. The lowest BCUT2D eigenvalue weighted by Crippen LogP contribution is -2.31. The number of aromatic nitrogens is 3. The summed E-state index contributed by atoms with van der Waals surface area (Å²) in [7, 11) is 0. The van der Waals surface area contributed by atoms with Gasteiger partial charge in [0.1, 0.15) is 5.82 Å². The Morgan fingerprint density at radius 3 is 2.69 bits per heavy atom. The van der Waals surface area contributed by atoms with Gasteiger partial charge in [-0.3, -0.25) is 15.2 Å². The van der Waals surface area contributed by atoms with E-state index in [4.69, 9.17) is 4.42 Å². The van der Waals surface area contributed by atoms with E-state index >= 15 is 0 Å². The lowest BCUT2D eigenvalue weighted by molar-refractivity contribution is 0.0996. The molecule has 0 radical (unpaired) electrons. The van der Waals surface area contributed by atoms with Crippen LogP contribution in [0.4, 0.5) is 16.4 Å². The molecule has 0 saturated carbocycles. The van der Waals surface area contributed by atoms with Crippen molar-refractivity contribution in [2.45, 2.75) is 13.0 Å². The van der Waals surface area contributed by atoms with Gasteiger partial charge in [0.05, 0.1) is 23.2 Å². The Balaban J connectivity index is 1.43. The average Bonchev–Trinajstić information content (AvgIpc) is 3.39. The van der Waals surface area contributed by atoms with Crippen LogP contribution >= 0.6 is 0 Å². The number of hydrogen-bond donors (Lipinski definition) is 4. The fourth-order valence-electron chi connectivity index (χ4n) is 2.83. The Hall–Kier alpha value is -4.14. The predicted octanol–water partition coefficient (Wildman–Crippen LogP) is 3.69. The summed E-state index contributed by atoms with van der Waals surface area (Å²) in [5, 5.41) is 15.7. The second-order valence-corrected chi connectivity index (χ2v) is 6.35. The van der Waals surface area contributed by atoms with Crippen molar-refractivity contribution in [2.75, 3.05) is 10.6 Å². The molecule has 9 nitrogen and oxygen atoms in total. The normalized spacial score (nSPS) is 11.8. The highest BCUT2D eigenvalue weighted by Crippen LogP contribution is 2.22. The molecule has 1 atom stereocenters. The Kier molecular flexibility index (Phi) is 4.93. The second kappa shape index (κ2) is 7.85. The Labute approximate surface area is 165 Å². The molecule has 0 spiro atoms. The summed E-state index contributed by atoms with van der Waals surface area (Å²) in [6, 6.07) is 13.9. The van der Waals surface area contributed by atoms with E-state index < -0.39 is 5.91 Å². The van der Waals surface area contributed by atoms with Crippen molar-refractivity contribution >= 4 is 34.5 Å². The van der Waals surface area contributed by atoms with Gasteiger partial charge in [-0.2, -0.15) is 5.10 Å². The van der Waals surface area contributed by atoms with Crippen LogP contribution in [0.5, 0.6) is 0 Å². The molecule has 0 bridgehead atoms. The van der Waals surface area contributed by atoms with Crippen LogP contribution in [0.3, 0.4) is 0 Å². The molecule has 1 aromatic carbocycles. The molecular weight excluding hydrogens is 372 g/mol. The third-order valence-corrected chi connectivity index (χ3v) is 4.31. The van der Waals surface area contributed by atoms with Crippen LogP contribution in [0, 0.1) is 0 Å². The van der Waals surface area contributed by atoms with E-state index in [9.17, 15) is 9.59 Å². The molecule has 9 heteroatoms. The van der Waals surface area contributed by atoms with Crippen LogP contribution in [0.1, 0.15) is 29.1 Å². The molecule has 4 N–H and O–H groups in total. The fraction of sp³-hybridized carbons (Fsp3) is 0.100. The molecular formula is C20H18N6O3. The van der Waals surface area contributed by atoms with Crippen molar-refractivity contribution in [1.82, 2.24) is 20.5 Å². The number of hydrogen-bond acceptors (Lipinski definition) is 5. The third kappa shape index (κ3) is 4.08. The number of amides is 3. The van der Waals surface area contributed by atoms with E-state index in [2.05, 4.69) is 31.1 Å². The number of pyridine rings is 1. The number of anilines is 2. The first-order valence-corrected chi connectivity index (χ1v) is 8.91. The number of carbonyl (C=O) groups is 2. The molecule has 0 aliphatic rings. The molecule has 0 aliphatic heterocycles. The molecule has 1 unspecified atom stereocenters. The molecule has 3 heterocycles. The number of nitrogens with zero attached hydrogens (tertiary/aromatic N) is 2. The van der Waals surface area contributed by atoms with Gasteiger partial charge in [-0.15, -0.1) is 0 Å². The molecule has 4 aromatic rings. The van der Waals surface area contributed by atoms with Gasteiger partial charge < -0.3 is 15.1 Å². The van der Waals surface area contributed by atoms with Crippen LogP contribution < -0.4 is 16.0 Å². The molecule has 146 valence electrons. The number of nitrogens with one attached hydrogen (secondary N) is 4. The SMILES string of the molecule is CC(NC(=O)Nc1cc2[nH]nc(NC(=O)c3ccco3)c2cn1)c1ccccc1. The standard InChI is InChI=1S/C20H18N6O3/c1-12(13-6-3-2-4-7-13)22-20(28)23-17-10-15-14(11-21-17)18(26-25-15)24-19(27)16-8-5-9-29-16/h2-12H,1H3,(H2,21,22,23,28)(H2,24,25,26,27). The minimum Gasteiger partial charge on any atom is -0.459 e. The zero-order chi connectivity index (χ0) is 20.2. The Morgan fingerprint density at radius 2 is 1.93 bits per heavy atom. The highest BCUT2D eigenvalue weighted by atomic mass is 16.3. The number of rotatable bonds is 5. The van der Waals surface area contributed by atoms with Crippen LogP contribution in [0.2, 0.25) is 0 Å². The number of carbonyl (C=O) groups excluding carboxylic acids is 2. The van der Waals surface area contributed by atoms with E-state index in [-0.39, 0.29) is 17.8 Å². The Morgan fingerprint density at radius 1 is 1.10 bits per heavy atom. The van der Waals surface area contributed by atoms with Gasteiger partial charge in [0.25, 0.3) is 5.91 Å². The van der Waals surface area contributed by atoms with Crippen LogP contribution in [0.15, 0.2) is 65.4 Å². The van der Waals surface area contributed by atoms with E-state index in [1.54, 1.807) is 18.2 Å². The van der Waals surface area contributed by atoms with Crippen LogP contribution in [-0.2, 0) is 0 Å². The largest absolute Gasteiger partial charge is 0.459 e. The van der Waals surface area contributed by atoms with Gasteiger partial charge in [0.15, 0.2) is 11.6 Å². The maximum absolute atomic E-state index is 12.3. The van der Waals surface area contributed by atoms with E-state index in [1.807, 2.05) is 37.3 Å². The quantitative estimate of drug-likeness (QED) is 0.414. The monoisotopic (exact) mass is 390 g/mol. The van der Waals surface area contributed by atoms with E-state index in [1.165, 1.54) is 12.5 Å². The van der Waals surface area contributed by atoms with Crippen molar-refractivity contribution in [3.63, 3.8) is 0 Å². The topological polar surface area (TPSA) is 125 Å².